The van der Waals surface area contributed by atoms with E-state index in [9.17, 15) is 4.39 Å². The molecule has 0 aliphatic rings. The van der Waals surface area contributed by atoms with Crippen LogP contribution in [0.2, 0.25) is 0 Å². The van der Waals surface area contributed by atoms with Gasteiger partial charge in [0.15, 0.2) is 10.1 Å². The average Bonchev–Trinajstić information content (AvgIpc) is 3.11. The summed E-state index contributed by atoms with van der Waals surface area (Å²) in [4.78, 5) is 6.32. The Morgan fingerprint density at radius 2 is 2.10 bits per heavy atom. The molecule has 0 aliphatic carbocycles. The zero-order valence-corrected chi connectivity index (χ0v) is 12.1. The molecular formula is C14H9FN2OS2. The molecule has 0 aliphatic heterocycles. The molecule has 0 N–H and O–H groups in total. The van der Waals surface area contributed by atoms with E-state index in [1.54, 1.807) is 24.5 Å². The number of thiazole rings is 1. The summed E-state index contributed by atoms with van der Waals surface area (Å²) < 4.78 is 21.5. The van der Waals surface area contributed by atoms with Crippen LogP contribution in [0.15, 0.2) is 36.5 Å². The third kappa shape index (κ3) is 1.72. The first kappa shape index (κ1) is 11.9. The van der Waals surface area contributed by atoms with E-state index in [4.69, 9.17) is 4.74 Å². The predicted octanol–water partition coefficient (Wildman–Crippen LogP) is 4.43. The zero-order valence-electron chi connectivity index (χ0n) is 10.5. The lowest BCUT2D eigenvalue weighted by Gasteiger charge is -1.98. The molecule has 0 saturated heterocycles. The number of methoxy groups -OCH3 is 1. The molecule has 1 aromatic carbocycles. The molecule has 0 saturated carbocycles. The molecule has 0 amide bonds. The molecule has 3 heterocycles. The molecule has 0 atom stereocenters. The summed E-state index contributed by atoms with van der Waals surface area (Å²) >= 11 is 2.71. The Morgan fingerprint density at radius 3 is 2.85 bits per heavy atom. The molecule has 4 aromatic rings. The van der Waals surface area contributed by atoms with Gasteiger partial charge in [0.1, 0.15) is 11.4 Å². The fourth-order valence-electron chi connectivity index (χ4n) is 2.18. The lowest BCUT2D eigenvalue weighted by molar-refractivity contribution is 0.415. The molecule has 20 heavy (non-hydrogen) atoms. The maximum absolute atomic E-state index is 13.1. The normalized spacial score (nSPS) is 11.5. The van der Waals surface area contributed by atoms with Crippen LogP contribution in [0.1, 0.15) is 0 Å². The molecule has 0 radical (unpaired) electrons. The van der Waals surface area contributed by atoms with Crippen LogP contribution in [0.4, 0.5) is 4.39 Å². The van der Waals surface area contributed by atoms with Crippen molar-refractivity contribution < 1.29 is 9.13 Å². The Bertz CT molecular complexity index is 922. The monoisotopic (exact) mass is 304 g/mol. The largest absolute Gasteiger partial charge is 0.497 e. The van der Waals surface area contributed by atoms with Crippen molar-refractivity contribution in [2.24, 2.45) is 0 Å². The summed E-state index contributed by atoms with van der Waals surface area (Å²) in [6, 6.07) is 9.17. The minimum atomic E-state index is -0.189. The third-order valence-corrected chi connectivity index (χ3v) is 5.04. The van der Waals surface area contributed by atoms with E-state index in [0.717, 1.165) is 42.8 Å². The van der Waals surface area contributed by atoms with Gasteiger partial charge in [0.05, 0.1) is 22.2 Å². The van der Waals surface area contributed by atoms with E-state index >= 15 is 0 Å². The number of imidazole rings is 1. The number of aromatic nitrogens is 2. The van der Waals surface area contributed by atoms with Crippen molar-refractivity contribution in [3.8, 4) is 16.3 Å². The zero-order chi connectivity index (χ0) is 13.7. The average molecular weight is 304 g/mol. The highest BCUT2D eigenvalue weighted by Crippen LogP contribution is 2.33. The van der Waals surface area contributed by atoms with E-state index in [-0.39, 0.29) is 5.13 Å². The second-order valence-corrected chi connectivity index (χ2v) is 6.36. The highest BCUT2D eigenvalue weighted by Gasteiger charge is 2.12. The Hall–Kier alpha value is -1.92. The van der Waals surface area contributed by atoms with Gasteiger partial charge in [-0.15, -0.1) is 11.3 Å². The summed E-state index contributed by atoms with van der Waals surface area (Å²) in [6.07, 6.45) is 1.95. The van der Waals surface area contributed by atoms with Gasteiger partial charge in [0, 0.05) is 6.20 Å². The first-order valence-corrected chi connectivity index (χ1v) is 7.59. The standard InChI is InChI=1S/C14H9FN2OS2/c1-18-8-2-3-10-12(6-8)20-14-16-9(7-17(10)14)11-4-5-13(15)19-11/h2-7H,1H3. The molecule has 0 unspecified atom stereocenters. The molecule has 6 heteroatoms. The Kier molecular flexibility index (Phi) is 2.55. The topological polar surface area (TPSA) is 26.5 Å². The molecule has 0 spiro atoms. The van der Waals surface area contributed by atoms with Crippen LogP contribution >= 0.6 is 22.7 Å². The highest BCUT2D eigenvalue weighted by molar-refractivity contribution is 7.23. The first-order chi connectivity index (χ1) is 9.74. The molecule has 0 fully saturated rings. The van der Waals surface area contributed by atoms with Gasteiger partial charge >= 0.3 is 0 Å². The number of rotatable bonds is 2. The van der Waals surface area contributed by atoms with Gasteiger partial charge in [-0.3, -0.25) is 4.40 Å². The molecule has 4 rings (SSSR count). The molecule has 0 bridgehead atoms. The summed E-state index contributed by atoms with van der Waals surface area (Å²) in [5, 5.41) is -0.189. The van der Waals surface area contributed by atoms with Gasteiger partial charge in [-0.2, -0.15) is 4.39 Å². The minimum absolute atomic E-state index is 0.189. The highest BCUT2D eigenvalue weighted by atomic mass is 32.1. The van der Waals surface area contributed by atoms with Crippen molar-refractivity contribution in [1.29, 1.82) is 0 Å². The van der Waals surface area contributed by atoms with E-state index < -0.39 is 0 Å². The Labute approximate surface area is 121 Å². The van der Waals surface area contributed by atoms with Crippen molar-refractivity contribution in [1.82, 2.24) is 9.38 Å². The maximum atomic E-state index is 13.1. The number of ether oxygens (including phenoxy) is 1. The van der Waals surface area contributed by atoms with Crippen LogP contribution in [0, 0.1) is 5.13 Å². The maximum Gasteiger partial charge on any atom is 0.195 e. The van der Waals surface area contributed by atoms with Crippen LogP contribution in [-0.4, -0.2) is 16.5 Å². The van der Waals surface area contributed by atoms with Crippen LogP contribution in [-0.2, 0) is 0 Å². The van der Waals surface area contributed by atoms with Crippen molar-refractivity contribution >= 4 is 37.9 Å². The summed E-state index contributed by atoms with van der Waals surface area (Å²) in [5.74, 6) is 0.836. The summed E-state index contributed by atoms with van der Waals surface area (Å²) in [6.45, 7) is 0. The van der Waals surface area contributed by atoms with Gasteiger partial charge in [-0.1, -0.05) is 11.3 Å². The van der Waals surface area contributed by atoms with Crippen LogP contribution in [0.5, 0.6) is 5.75 Å². The summed E-state index contributed by atoms with van der Waals surface area (Å²) in [5.41, 5.74) is 1.89. The third-order valence-electron chi connectivity index (χ3n) is 3.13. The number of halogens is 1. The van der Waals surface area contributed by atoms with Gasteiger partial charge in [0.25, 0.3) is 0 Å². The fourth-order valence-corrected chi connectivity index (χ4v) is 3.90. The second-order valence-electron chi connectivity index (χ2n) is 4.32. The Morgan fingerprint density at radius 1 is 1.20 bits per heavy atom. The van der Waals surface area contributed by atoms with Gasteiger partial charge in [-0.05, 0) is 30.3 Å². The van der Waals surface area contributed by atoms with Crippen LogP contribution < -0.4 is 4.74 Å². The van der Waals surface area contributed by atoms with Gasteiger partial charge in [0.2, 0.25) is 0 Å². The number of hydrogen-bond acceptors (Lipinski definition) is 4. The van der Waals surface area contributed by atoms with Crippen LogP contribution in [0.3, 0.4) is 0 Å². The number of thiophene rings is 1. The Balaban J connectivity index is 1.92. The summed E-state index contributed by atoms with van der Waals surface area (Å²) in [7, 11) is 1.66. The second kappa shape index (κ2) is 4.29. The van der Waals surface area contributed by atoms with E-state index in [1.807, 2.05) is 28.8 Å². The van der Waals surface area contributed by atoms with Crippen molar-refractivity contribution in [2.75, 3.05) is 7.11 Å². The van der Waals surface area contributed by atoms with Gasteiger partial charge < -0.3 is 4.74 Å². The number of fused-ring (bicyclic) bond motifs is 3. The van der Waals surface area contributed by atoms with Crippen molar-refractivity contribution in [3.63, 3.8) is 0 Å². The molecule has 3 nitrogen and oxygen atoms in total. The fraction of sp³-hybridized carbons (Fsp3) is 0.0714. The lowest BCUT2D eigenvalue weighted by atomic mass is 10.3. The van der Waals surface area contributed by atoms with E-state index in [1.165, 1.54) is 6.07 Å². The van der Waals surface area contributed by atoms with E-state index in [2.05, 4.69) is 4.98 Å². The van der Waals surface area contributed by atoms with Crippen LogP contribution in [0.25, 0.3) is 25.7 Å². The van der Waals surface area contributed by atoms with Crippen molar-refractivity contribution in [2.45, 2.75) is 0 Å². The molecule has 100 valence electrons. The minimum Gasteiger partial charge on any atom is -0.497 e. The molecule has 3 aromatic heterocycles. The smallest absolute Gasteiger partial charge is 0.195 e. The number of hydrogen-bond donors (Lipinski definition) is 0. The number of nitrogens with zero attached hydrogens (tertiary/aromatic N) is 2. The van der Waals surface area contributed by atoms with E-state index in [0.29, 0.717) is 0 Å². The van der Waals surface area contributed by atoms with Gasteiger partial charge in [-0.25, -0.2) is 4.98 Å². The predicted molar refractivity (Wildman–Crippen MR) is 80.4 cm³/mol. The lowest BCUT2D eigenvalue weighted by Crippen LogP contribution is -1.82. The van der Waals surface area contributed by atoms with Crippen molar-refractivity contribution in [3.05, 3.63) is 41.7 Å². The first-order valence-electron chi connectivity index (χ1n) is 5.96. The number of benzene rings is 1. The molecular weight excluding hydrogens is 295 g/mol. The SMILES string of the molecule is COc1ccc2c(c1)sc1nc(-c3ccc(F)s3)cn12. The quantitative estimate of drug-likeness (QED) is 0.548.